The van der Waals surface area contributed by atoms with Crippen LogP contribution in [0.25, 0.3) is 0 Å². The van der Waals surface area contributed by atoms with E-state index in [4.69, 9.17) is 10.8 Å². The Bertz CT molecular complexity index is 71.7. The van der Waals surface area contributed by atoms with Gasteiger partial charge in [0.05, 0.1) is 0 Å². The smallest absolute Gasteiger partial charge is 0.0473 e. The summed E-state index contributed by atoms with van der Waals surface area (Å²) in [5, 5.41) is 8.84. The Morgan fingerprint density at radius 3 is 2.30 bits per heavy atom. The fraction of sp³-hybridized carbons (Fsp3) is 1.00. The normalized spacial score (nSPS) is 16.8. The van der Waals surface area contributed by atoms with Crippen molar-refractivity contribution in [3.05, 3.63) is 0 Å². The van der Waals surface area contributed by atoms with Crippen LogP contribution in [-0.2, 0) is 0 Å². The molecule has 62 valence electrons. The van der Waals surface area contributed by atoms with Crippen molar-refractivity contribution in [2.24, 2.45) is 11.7 Å². The van der Waals surface area contributed by atoms with E-state index in [2.05, 4.69) is 13.8 Å². The molecule has 0 rings (SSSR count). The summed E-state index contributed by atoms with van der Waals surface area (Å²) in [6.45, 7) is 4.41. The van der Waals surface area contributed by atoms with Crippen LogP contribution in [0.1, 0.15) is 33.1 Å². The van der Waals surface area contributed by atoms with E-state index in [0.717, 1.165) is 19.3 Å². The zero-order chi connectivity index (χ0) is 7.98. The first-order valence-electron chi connectivity index (χ1n) is 4.12. The molecule has 0 aromatic heterocycles. The first-order chi connectivity index (χ1) is 4.76. The van der Waals surface area contributed by atoms with Crippen molar-refractivity contribution in [1.29, 1.82) is 0 Å². The Morgan fingerprint density at radius 2 is 2.00 bits per heavy atom. The molecule has 2 heteroatoms. The molecule has 0 aliphatic heterocycles. The molecule has 0 saturated heterocycles. The summed E-state index contributed by atoms with van der Waals surface area (Å²) in [5.74, 6) is 0.306. The van der Waals surface area contributed by atoms with Crippen LogP contribution in [0.2, 0.25) is 0 Å². The minimum absolute atomic E-state index is 0.194. The molecule has 2 nitrogen and oxygen atoms in total. The van der Waals surface area contributed by atoms with Gasteiger partial charge in [-0.3, -0.25) is 0 Å². The van der Waals surface area contributed by atoms with Crippen LogP contribution in [0.3, 0.4) is 0 Å². The third-order valence-electron chi connectivity index (χ3n) is 1.99. The van der Waals surface area contributed by atoms with Crippen molar-refractivity contribution in [3.8, 4) is 0 Å². The van der Waals surface area contributed by atoms with Gasteiger partial charge in [0.15, 0.2) is 0 Å². The highest BCUT2D eigenvalue weighted by molar-refractivity contribution is 4.69. The van der Waals surface area contributed by atoms with Gasteiger partial charge in [0.25, 0.3) is 0 Å². The summed E-state index contributed by atoms with van der Waals surface area (Å²) in [4.78, 5) is 0. The molecular formula is C8H19NO. The average Bonchev–Trinajstić information content (AvgIpc) is 1.91. The Balaban J connectivity index is 3.53. The third-order valence-corrected chi connectivity index (χ3v) is 1.99. The summed E-state index contributed by atoms with van der Waals surface area (Å²) < 4.78 is 0. The molecule has 10 heavy (non-hydrogen) atoms. The lowest BCUT2D eigenvalue weighted by molar-refractivity contribution is 0.196. The van der Waals surface area contributed by atoms with Crippen molar-refractivity contribution in [2.75, 3.05) is 6.61 Å². The topological polar surface area (TPSA) is 46.2 Å². The lowest BCUT2D eigenvalue weighted by Crippen LogP contribution is -2.31. The van der Waals surface area contributed by atoms with Crippen molar-refractivity contribution in [2.45, 2.75) is 39.2 Å². The number of aliphatic hydroxyl groups is 1. The van der Waals surface area contributed by atoms with Crippen molar-refractivity contribution >= 4 is 0 Å². The number of aliphatic hydroxyl groups excluding tert-OH is 1. The van der Waals surface area contributed by atoms with E-state index in [9.17, 15) is 0 Å². The van der Waals surface area contributed by atoms with Crippen LogP contribution < -0.4 is 5.73 Å². The van der Waals surface area contributed by atoms with Crippen LogP contribution >= 0.6 is 0 Å². The quantitative estimate of drug-likeness (QED) is 0.609. The largest absolute Gasteiger partial charge is 0.396 e. The summed E-state index contributed by atoms with van der Waals surface area (Å²) in [6, 6.07) is 0.194. The van der Waals surface area contributed by atoms with Gasteiger partial charge in [-0.15, -0.1) is 0 Å². The highest BCUT2D eigenvalue weighted by atomic mass is 16.3. The van der Waals surface area contributed by atoms with Gasteiger partial charge in [-0.1, -0.05) is 20.3 Å². The van der Waals surface area contributed by atoms with Gasteiger partial charge >= 0.3 is 0 Å². The molecule has 0 radical (unpaired) electrons. The van der Waals surface area contributed by atoms with E-state index in [1.165, 1.54) is 0 Å². The predicted molar refractivity (Wildman–Crippen MR) is 43.8 cm³/mol. The average molecular weight is 145 g/mol. The maximum atomic E-state index is 8.84. The lowest BCUT2D eigenvalue weighted by Gasteiger charge is -2.19. The molecule has 0 saturated carbocycles. The minimum atomic E-state index is 0.194. The van der Waals surface area contributed by atoms with E-state index in [0.29, 0.717) is 5.92 Å². The van der Waals surface area contributed by atoms with Crippen molar-refractivity contribution in [3.63, 3.8) is 0 Å². The van der Waals surface area contributed by atoms with E-state index in [1.54, 1.807) is 0 Å². The van der Waals surface area contributed by atoms with Gasteiger partial charge in [0.1, 0.15) is 0 Å². The predicted octanol–water partition coefficient (Wildman–Crippen LogP) is 1.13. The standard InChI is InChI=1S/C8H19NO/c1-3-5-8(9)7(4-2)6-10/h7-8,10H,3-6,9H2,1-2H3/t7-,8-/m1/s1. The van der Waals surface area contributed by atoms with Gasteiger partial charge in [-0.05, 0) is 18.8 Å². The van der Waals surface area contributed by atoms with E-state index in [1.807, 2.05) is 0 Å². The van der Waals surface area contributed by atoms with Crippen molar-refractivity contribution in [1.82, 2.24) is 0 Å². The van der Waals surface area contributed by atoms with E-state index >= 15 is 0 Å². The molecule has 0 amide bonds. The monoisotopic (exact) mass is 145 g/mol. The summed E-state index contributed by atoms with van der Waals surface area (Å²) >= 11 is 0. The highest BCUT2D eigenvalue weighted by Crippen LogP contribution is 2.09. The maximum Gasteiger partial charge on any atom is 0.0473 e. The van der Waals surface area contributed by atoms with Gasteiger partial charge in [-0.25, -0.2) is 0 Å². The highest BCUT2D eigenvalue weighted by Gasteiger charge is 2.12. The Hall–Kier alpha value is -0.0800. The first kappa shape index (κ1) is 9.92. The maximum absolute atomic E-state index is 8.84. The molecule has 0 aliphatic carbocycles. The van der Waals surface area contributed by atoms with E-state index in [-0.39, 0.29) is 12.6 Å². The summed E-state index contributed by atoms with van der Waals surface area (Å²) in [6.07, 6.45) is 3.12. The molecule has 0 aromatic carbocycles. The molecule has 3 N–H and O–H groups in total. The number of hydrogen-bond acceptors (Lipinski definition) is 2. The second-order valence-electron chi connectivity index (χ2n) is 2.80. The van der Waals surface area contributed by atoms with Gasteiger partial charge in [0.2, 0.25) is 0 Å². The molecule has 0 bridgehead atoms. The fourth-order valence-corrected chi connectivity index (χ4v) is 1.14. The van der Waals surface area contributed by atoms with Crippen LogP contribution in [0.15, 0.2) is 0 Å². The van der Waals surface area contributed by atoms with Crippen LogP contribution in [0, 0.1) is 5.92 Å². The second-order valence-corrected chi connectivity index (χ2v) is 2.80. The van der Waals surface area contributed by atoms with Gasteiger partial charge in [-0.2, -0.15) is 0 Å². The zero-order valence-electron chi connectivity index (χ0n) is 7.01. The fourth-order valence-electron chi connectivity index (χ4n) is 1.14. The Morgan fingerprint density at radius 1 is 1.40 bits per heavy atom. The molecule has 0 aromatic rings. The first-order valence-corrected chi connectivity index (χ1v) is 4.12. The SMILES string of the molecule is CCC[C@@H](N)[C@H](CC)CO. The van der Waals surface area contributed by atoms with E-state index < -0.39 is 0 Å². The zero-order valence-corrected chi connectivity index (χ0v) is 7.01. The van der Waals surface area contributed by atoms with Gasteiger partial charge < -0.3 is 10.8 Å². The van der Waals surface area contributed by atoms with Crippen LogP contribution in [-0.4, -0.2) is 17.8 Å². The van der Waals surface area contributed by atoms with Crippen molar-refractivity contribution < 1.29 is 5.11 Å². The lowest BCUT2D eigenvalue weighted by atomic mass is 9.95. The molecule has 0 unspecified atom stereocenters. The molecule has 0 fully saturated rings. The van der Waals surface area contributed by atoms with Crippen LogP contribution in [0.5, 0.6) is 0 Å². The van der Waals surface area contributed by atoms with Gasteiger partial charge in [0, 0.05) is 12.6 Å². The molecule has 0 spiro atoms. The molecule has 0 aliphatic rings. The molecule has 2 atom stereocenters. The number of rotatable bonds is 5. The molecule has 0 heterocycles. The Labute approximate surface area is 63.4 Å². The third kappa shape index (κ3) is 3.18. The number of nitrogens with two attached hydrogens (primary N) is 1. The van der Waals surface area contributed by atoms with Crippen LogP contribution in [0.4, 0.5) is 0 Å². The summed E-state index contributed by atoms with van der Waals surface area (Å²) in [5.41, 5.74) is 5.79. The molecular weight excluding hydrogens is 126 g/mol. The second kappa shape index (κ2) is 5.69. The number of hydrogen-bond donors (Lipinski definition) is 2. The Kier molecular flexibility index (Phi) is 5.64. The minimum Gasteiger partial charge on any atom is -0.396 e. The summed E-state index contributed by atoms with van der Waals surface area (Å²) in [7, 11) is 0.